The summed E-state index contributed by atoms with van der Waals surface area (Å²) >= 11 is 1.55. The second kappa shape index (κ2) is 4.00. The van der Waals surface area contributed by atoms with Gasteiger partial charge in [-0.1, -0.05) is 18.2 Å². The molecule has 1 unspecified atom stereocenters. The van der Waals surface area contributed by atoms with Gasteiger partial charge in [0.25, 0.3) is 0 Å². The summed E-state index contributed by atoms with van der Waals surface area (Å²) in [5, 5.41) is 0. The van der Waals surface area contributed by atoms with E-state index >= 15 is 0 Å². The number of Topliss-reactive ketones (excluding diaryl/α,β-unsaturated/α-hetero) is 1. The van der Waals surface area contributed by atoms with E-state index in [1.807, 2.05) is 43.3 Å². The molecule has 0 fully saturated rings. The van der Waals surface area contributed by atoms with Crippen LogP contribution in [0.4, 0.5) is 0 Å². The van der Waals surface area contributed by atoms with Gasteiger partial charge in [-0.15, -0.1) is 11.3 Å². The van der Waals surface area contributed by atoms with Gasteiger partial charge in [-0.25, -0.2) is 0 Å². The molecular formula is C14H12O2S. The average molecular weight is 244 g/mol. The van der Waals surface area contributed by atoms with Crippen molar-refractivity contribution in [2.24, 2.45) is 0 Å². The van der Waals surface area contributed by atoms with Gasteiger partial charge in [-0.2, -0.15) is 0 Å². The second-order valence-electron chi connectivity index (χ2n) is 4.18. The van der Waals surface area contributed by atoms with Crippen LogP contribution >= 0.6 is 11.3 Å². The molecule has 2 aromatic rings. The Kier molecular flexibility index (Phi) is 2.48. The lowest BCUT2D eigenvalue weighted by Gasteiger charge is -2.05. The van der Waals surface area contributed by atoms with E-state index < -0.39 is 0 Å². The number of carbonyl (C=O) groups excluding carboxylic acids is 1. The number of thiophene rings is 1. The van der Waals surface area contributed by atoms with Crippen LogP contribution in [0.5, 0.6) is 5.75 Å². The second-order valence-corrected chi connectivity index (χ2v) is 5.46. The fourth-order valence-corrected chi connectivity index (χ4v) is 2.98. The van der Waals surface area contributed by atoms with Gasteiger partial charge in [-0.05, 0) is 25.1 Å². The zero-order valence-electron chi connectivity index (χ0n) is 9.47. The molecule has 0 saturated carbocycles. The molecule has 0 saturated heterocycles. The quantitative estimate of drug-likeness (QED) is 0.757. The fourth-order valence-electron chi connectivity index (χ4n) is 2.12. The van der Waals surface area contributed by atoms with E-state index in [1.165, 1.54) is 4.88 Å². The number of rotatable bonds is 2. The van der Waals surface area contributed by atoms with Crippen molar-refractivity contribution in [2.45, 2.75) is 12.8 Å². The number of carbonyl (C=O) groups is 1. The first-order valence-electron chi connectivity index (χ1n) is 5.58. The maximum atomic E-state index is 12.4. The zero-order chi connectivity index (χ0) is 11.8. The first-order chi connectivity index (χ1) is 8.25. The highest BCUT2D eigenvalue weighted by Gasteiger charge is 2.31. The maximum absolute atomic E-state index is 12.4. The van der Waals surface area contributed by atoms with E-state index in [1.54, 1.807) is 11.3 Å². The molecule has 1 aromatic heterocycles. The van der Waals surface area contributed by atoms with Gasteiger partial charge in [0.05, 0.1) is 10.8 Å². The van der Waals surface area contributed by atoms with Crippen LogP contribution in [0.15, 0.2) is 36.4 Å². The minimum absolute atomic E-state index is 0.135. The first kappa shape index (κ1) is 10.5. The summed E-state index contributed by atoms with van der Waals surface area (Å²) < 4.78 is 5.54. The Morgan fingerprint density at radius 3 is 2.88 bits per heavy atom. The number of benzene rings is 1. The Morgan fingerprint density at radius 2 is 2.12 bits per heavy atom. The van der Waals surface area contributed by atoms with Crippen LogP contribution in [0.2, 0.25) is 0 Å². The highest BCUT2D eigenvalue weighted by atomic mass is 32.1. The minimum atomic E-state index is -0.135. The first-order valence-corrected chi connectivity index (χ1v) is 6.40. The van der Waals surface area contributed by atoms with Gasteiger partial charge in [-0.3, -0.25) is 4.79 Å². The van der Waals surface area contributed by atoms with Crippen molar-refractivity contribution >= 4 is 17.1 Å². The van der Waals surface area contributed by atoms with Crippen molar-refractivity contribution in [3.63, 3.8) is 0 Å². The van der Waals surface area contributed by atoms with Gasteiger partial charge in [0.1, 0.15) is 12.4 Å². The van der Waals surface area contributed by atoms with Gasteiger partial charge in [0, 0.05) is 10.4 Å². The van der Waals surface area contributed by atoms with Crippen LogP contribution in [0.1, 0.15) is 26.0 Å². The summed E-state index contributed by atoms with van der Waals surface area (Å²) in [5.74, 6) is 0.886. The van der Waals surface area contributed by atoms with Crippen LogP contribution in [-0.2, 0) is 0 Å². The maximum Gasteiger partial charge on any atom is 0.183 e. The number of fused-ring (bicyclic) bond motifs is 1. The van der Waals surface area contributed by atoms with Gasteiger partial charge in [0.15, 0.2) is 5.78 Å². The molecule has 0 bridgehead atoms. The number of para-hydroxylation sites is 1. The monoisotopic (exact) mass is 244 g/mol. The highest BCUT2D eigenvalue weighted by Crippen LogP contribution is 2.36. The molecule has 1 aliphatic rings. The summed E-state index contributed by atoms with van der Waals surface area (Å²) in [6.45, 7) is 2.48. The lowest BCUT2D eigenvalue weighted by Crippen LogP contribution is -2.12. The molecular weight excluding hydrogens is 232 g/mol. The minimum Gasteiger partial charge on any atom is -0.492 e. The van der Waals surface area contributed by atoms with Crippen LogP contribution in [0.3, 0.4) is 0 Å². The molecule has 0 spiro atoms. The van der Waals surface area contributed by atoms with E-state index in [9.17, 15) is 4.79 Å². The molecule has 1 aromatic carbocycles. The standard InChI is InChI=1S/C14H12O2S/c1-9-6-7-13(17-9)14(15)11-8-16-12-5-3-2-4-10(11)12/h2-7,11H,8H2,1H3. The number of ketones is 1. The van der Waals surface area contributed by atoms with E-state index in [0.29, 0.717) is 6.61 Å². The Morgan fingerprint density at radius 1 is 1.29 bits per heavy atom. The fraction of sp³-hybridized carbons (Fsp3) is 0.214. The van der Waals surface area contributed by atoms with Crippen LogP contribution < -0.4 is 4.74 Å². The summed E-state index contributed by atoms with van der Waals surface area (Å²) in [5.41, 5.74) is 1.02. The van der Waals surface area contributed by atoms with Crippen molar-refractivity contribution in [3.8, 4) is 5.75 Å². The Bertz CT molecular complexity index is 571. The predicted molar refractivity (Wildman–Crippen MR) is 68.1 cm³/mol. The molecule has 2 heterocycles. The lowest BCUT2D eigenvalue weighted by molar-refractivity contribution is 0.0951. The van der Waals surface area contributed by atoms with Crippen molar-refractivity contribution in [3.05, 3.63) is 51.7 Å². The summed E-state index contributed by atoms with van der Waals surface area (Å²) in [6.07, 6.45) is 0. The number of hydrogen-bond acceptors (Lipinski definition) is 3. The highest BCUT2D eigenvalue weighted by molar-refractivity contribution is 7.14. The zero-order valence-corrected chi connectivity index (χ0v) is 10.3. The van der Waals surface area contributed by atoms with Crippen molar-refractivity contribution < 1.29 is 9.53 Å². The molecule has 2 nitrogen and oxygen atoms in total. The third-order valence-electron chi connectivity index (χ3n) is 3.00. The van der Waals surface area contributed by atoms with E-state index in [4.69, 9.17) is 4.74 Å². The Balaban J connectivity index is 1.95. The van der Waals surface area contributed by atoms with Gasteiger partial charge < -0.3 is 4.74 Å². The molecule has 0 radical (unpaired) electrons. The molecule has 86 valence electrons. The van der Waals surface area contributed by atoms with Crippen LogP contribution in [-0.4, -0.2) is 12.4 Å². The van der Waals surface area contributed by atoms with E-state index in [0.717, 1.165) is 16.2 Å². The van der Waals surface area contributed by atoms with Crippen LogP contribution in [0, 0.1) is 6.92 Å². The molecule has 0 aliphatic carbocycles. The van der Waals surface area contributed by atoms with Crippen LogP contribution in [0.25, 0.3) is 0 Å². The summed E-state index contributed by atoms with van der Waals surface area (Å²) in [7, 11) is 0. The van der Waals surface area contributed by atoms with E-state index in [-0.39, 0.29) is 11.7 Å². The molecule has 17 heavy (non-hydrogen) atoms. The molecule has 1 atom stereocenters. The Labute approximate surface area is 104 Å². The Hall–Kier alpha value is -1.61. The third kappa shape index (κ3) is 1.76. The number of ether oxygens (including phenoxy) is 1. The van der Waals surface area contributed by atoms with Gasteiger partial charge >= 0.3 is 0 Å². The topological polar surface area (TPSA) is 26.3 Å². The summed E-state index contributed by atoms with van der Waals surface area (Å²) in [6, 6.07) is 11.7. The van der Waals surface area contributed by atoms with Crippen molar-refractivity contribution in [1.82, 2.24) is 0 Å². The lowest BCUT2D eigenvalue weighted by atomic mass is 9.96. The van der Waals surface area contributed by atoms with Gasteiger partial charge in [0.2, 0.25) is 0 Å². The average Bonchev–Trinajstić information content (AvgIpc) is 2.94. The third-order valence-corrected chi connectivity index (χ3v) is 4.01. The smallest absolute Gasteiger partial charge is 0.183 e. The molecule has 0 N–H and O–H groups in total. The summed E-state index contributed by atoms with van der Waals surface area (Å²) in [4.78, 5) is 14.3. The molecule has 1 aliphatic heterocycles. The normalized spacial score (nSPS) is 17.6. The predicted octanol–water partition coefficient (Wildman–Crippen LogP) is 3.42. The molecule has 0 amide bonds. The number of aryl methyl sites for hydroxylation is 1. The molecule has 3 heteroatoms. The van der Waals surface area contributed by atoms with Crippen molar-refractivity contribution in [1.29, 1.82) is 0 Å². The van der Waals surface area contributed by atoms with Crippen molar-refractivity contribution in [2.75, 3.05) is 6.61 Å². The van der Waals surface area contributed by atoms with E-state index in [2.05, 4.69) is 0 Å². The number of hydrogen-bond donors (Lipinski definition) is 0. The SMILES string of the molecule is Cc1ccc(C(=O)C2COc3ccccc32)s1. The largest absolute Gasteiger partial charge is 0.492 e. The molecule has 3 rings (SSSR count).